The van der Waals surface area contributed by atoms with Gasteiger partial charge in [-0.1, -0.05) is 147 Å². The number of esters is 2. The van der Waals surface area contributed by atoms with Crippen molar-refractivity contribution in [3.05, 3.63) is 286 Å². The molecule has 26 heteroatoms. The van der Waals surface area contributed by atoms with Crippen LogP contribution >= 0.6 is 11.8 Å². The number of nitrogens with one attached hydrogen (secondary N) is 1. The number of pyridine rings is 1. The molecule has 2 bridgehead atoms. The number of anilines is 1. The van der Waals surface area contributed by atoms with Crippen LogP contribution in [0, 0.1) is 63.2 Å². The number of piperidine rings is 1. The standard InChI is InChI=1S/C20H23NO6.C19H18O4.C18H27N.C16H19NO2.C15H16O2.C13H11NO4.C11H13NO2S/c1-23-16-4-3-13(9-17(16)24-2)20(21-5-7-25-8-6-21)14-10-18-19(11-15(14)22)27-12-26-18;1-2-14(20)23-13-5-3-4-10(9-13)17-18(21)15-11-6-7-12(8-11)16(15)19(17)22;1-13-9-16(10-14(2)15(13)3)11-19-8-7-17-5-4-6-18(17)12-19;18-15-9-8-12(14-7-4-10-17-16(14)15)11-19-13-5-2-1-3-6-13;1-12-7-9-14(10-8-12)17-11-13-5-3-4-6-15(13)16-2;1-2-18-13(17)9-5-3-4-6-10(9)14-11(15)7-8-12(14)16;1-7(13)9-6-15-11(12-9)8-4-2-3-5-10(8)14/h3-4,9-11,20,22H,5-8,12H2,1-2H3;2-5,9,11-12,15-17H,1,6-8H2;9-10,17-18H,4-8,11-12H2,1-3H3;4,7-10,13,18H,1-3,5-6,11H2;3-10H,11H2,1-2H3;3-8H,2H2,1H3;2-5,9,11-12,14H,6H2,1H3. The number of morpholine rings is 1. The lowest BCUT2D eigenvalue weighted by atomic mass is 9.81. The van der Waals surface area contributed by atoms with Crippen LogP contribution in [0.5, 0.6) is 57.5 Å². The summed E-state index contributed by atoms with van der Waals surface area (Å²) in [5.74, 6) is 6.32. The van der Waals surface area contributed by atoms with Crippen molar-refractivity contribution in [2.45, 2.75) is 168 Å². The fourth-order valence-electron chi connectivity index (χ4n) is 20.3. The summed E-state index contributed by atoms with van der Waals surface area (Å²) >= 11 is 1.65. The highest BCUT2D eigenvalue weighted by Crippen LogP contribution is 2.59. The Kier molecular flexibility index (Phi) is 35.6. The molecule has 10 aliphatic rings. The molecule has 8 fully saturated rings. The zero-order valence-corrected chi connectivity index (χ0v) is 81.0. The van der Waals surface area contributed by atoms with E-state index in [1.807, 2.05) is 103 Å². The lowest BCUT2D eigenvalue weighted by molar-refractivity contribution is -0.129. The predicted octanol–water partition coefficient (Wildman–Crippen LogP) is 19.8. The summed E-state index contributed by atoms with van der Waals surface area (Å²) in [6, 6.07) is 57.6. The van der Waals surface area contributed by atoms with Gasteiger partial charge in [0.25, 0.3) is 11.8 Å². The number of Topliss-reactive ketones (excluding diaryl/α,β-unsaturated/α-hetero) is 3. The second-order valence-electron chi connectivity index (χ2n) is 36.4. The summed E-state index contributed by atoms with van der Waals surface area (Å²) in [7, 11) is 4.90. The number of methoxy groups -OCH3 is 3. The van der Waals surface area contributed by atoms with Crippen molar-refractivity contribution in [3.8, 4) is 57.5 Å². The Morgan fingerprint density at radius 3 is 1.99 bits per heavy atom. The molecular formula is C112H127N5O20S. The maximum Gasteiger partial charge on any atom is 0.340 e. The molecule has 3 saturated heterocycles. The molecule has 5 aliphatic carbocycles. The first-order valence-corrected chi connectivity index (χ1v) is 48.9. The molecule has 0 spiro atoms. The number of likely N-dealkylation sites (tertiary alicyclic amines) is 1. The van der Waals surface area contributed by atoms with Crippen molar-refractivity contribution < 1.29 is 96.2 Å². The number of hydrogen-bond donors (Lipinski definition) is 4. The molecule has 2 amide bonds. The van der Waals surface area contributed by atoms with Crippen molar-refractivity contribution in [2.75, 3.05) is 84.8 Å². The fourth-order valence-corrected chi connectivity index (χ4v) is 21.7. The van der Waals surface area contributed by atoms with Gasteiger partial charge in [-0.25, -0.2) is 14.5 Å². The topological polar surface area (TPSA) is 307 Å². The highest BCUT2D eigenvalue weighted by atomic mass is 32.2. The lowest BCUT2D eigenvalue weighted by Crippen LogP contribution is -2.39. The maximum absolute atomic E-state index is 12.8. The van der Waals surface area contributed by atoms with E-state index in [2.05, 4.69) is 66.5 Å². The SMILES string of the molecule is C=CC(=O)Oc1cccc(C2C(=O)C3C4CCC(C4)C3C2=O)c1.CC(=O)C1CSC(c2ccccc2O)N1.CCOC(=O)c1ccccc1N1C(=O)C=CC1=O.COc1ccc(C(c2cc3c(cc2O)OCO3)N2CCOCC2)cc1OC.COc1ccccc1COc1ccc(C)cc1.Cc1cc(CN2CCC3CCCC3C2)cc(C)c1C.Oc1ccc(COC2CCCCC2)c2cccnc12. The van der Waals surface area contributed by atoms with Gasteiger partial charge in [-0.15, -0.1) is 11.8 Å². The number of fused-ring (bicyclic) bond motifs is 8. The normalized spacial score (nSPS) is 21.1. The Hall–Kier alpha value is -12.7. The number of para-hydroxylation sites is 3. The zero-order chi connectivity index (χ0) is 97.5. The third-order valence-electron chi connectivity index (χ3n) is 27.6. The number of phenols is 3. The number of ether oxygens (including phenoxy) is 10. The average molecular weight is 1900 g/mol. The number of hydrogen-bond acceptors (Lipinski definition) is 25. The van der Waals surface area contributed by atoms with E-state index in [0.29, 0.717) is 84.2 Å². The largest absolute Gasteiger partial charge is 0.508 e. The van der Waals surface area contributed by atoms with Gasteiger partial charge in [0, 0.05) is 96.3 Å². The van der Waals surface area contributed by atoms with Gasteiger partial charge in [0.1, 0.15) is 58.3 Å². The predicted molar refractivity (Wildman–Crippen MR) is 531 cm³/mol. The van der Waals surface area contributed by atoms with Gasteiger partial charge in [0.15, 0.2) is 34.6 Å². The van der Waals surface area contributed by atoms with Gasteiger partial charge >= 0.3 is 11.9 Å². The van der Waals surface area contributed by atoms with E-state index in [1.54, 1.807) is 114 Å². The van der Waals surface area contributed by atoms with E-state index in [1.165, 1.54) is 123 Å². The smallest absolute Gasteiger partial charge is 0.340 e. The molecule has 138 heavy (non-hydrogen) atoms. The quantitative estimate of drug-likeness (QED) is 0.0161. The van der Waals surface area contributed by atoms with Crippen LogP contribution in [0.2, 0.25) is 0 Å². The first-order chi connectivity index (χ1) is 66.9. The van der Waals surface area contributed by atoms with Crippen LogP contribution < -0.4 is 43.4 Å². The van der Waals surface area contributed by atoms with Gasteiger partial charge < -0.3 is 62.7 Å². The number of thioether (sulfide) groups is 1. The average Bonchev–Trinajstić information content (AvgIpc) is 1.56. The summed E-state index contributed by atoms with van der Waals surface area (Å²) in [6.45, 7) is 23.6. The Balaban J connectivity index is 0.000000130. The molecule has 25 nitrogen and oxygen atoms in total. The van der Waals surface area contributed by atoms with Gasteiger partial charge in [0.05, 0.1) is 82.6 Å². The molecule has 10 aromatic rings. The lowest BCUT2D eigenvalue weighted by Gasteiger charge is -2.35. The summed E-state index contributed by atoms with van der Waals surface area (Å²) < 4.78 is 54.2. The summed E-state index contributed by atoms with van der Waals surface area (Å²) in [5, 5.41) is 34.4. The molecule has 9 aromatic carbocycles. The second kappa shape index (κ2) is 48.6. The van der Waals surface area contributed by atoms with Gasteiger partial charge in [0.2, 0.25) is 6.79 Å². The molecule has 9 unspecified atom stereocenters. The van der Waals surface area contributed by atoms with E-state index in [-0.39, 0.29) is 88.5 Å². The van der Waals surface area contributed by atoms with Crippen LogP contribution in [0.1, 0.15) is 180 Å². The van der Waals surface area contributed by atoms with Crippen LogP contribution in [0.4, 0.5) is 5.69 Å². The van der Waals surface area contributed by atoms with E-state index in [9.17, 15) is 48.9 Å². The van der Waals surface area contributed by atoms with Crippen molar-refractivity contribution in [3.63, 3.8) is 0 Å². The number of benzene rings is 9. The highest BCUT2D eigenvalue weighted by molar-refractivity contribution is 7.99. The number of carbonyl (C=O) groups excluding carboxylic acids is 7. The van der Waals surface area contributed by atoms with Gasteiger partial charge in [-0.05, 0) is 235 Å². The number of phenolic OH excluding ortho intramolecular Hbond substituents is 3. The monoisotopic (exact) mass is 1890 g/mol. The third-order valence-corrected chi connectivity index (χ3v) is 28.9. The highest BCUT2D eigenvalue weighted by Gasteiger charge is 2.61. The summed E-state index contributed by atoms with van der Waals surface area (Å²) in [5.41, 5.74) is 13.6. The summed E-state index contributed by atoms with van der Waals surface area (Å²) in [6.07, 6.45) is 20.9. The van der Waals surface area contributed by atoms with Crippen LogP contribution in [-0.4, -0.2) is 163 Å². The molecule has 5 aliphatic heterocycles. The first kappa shape index (κ1) is 101. The molecule has 20 rings (SSSR count). The molecule has 9 atom stereocenters. The Morgan fingerprint density at radius 1 is 0.616 bits per heavy atom. The maximum atomic E-state index is 12.8. The van der Waals surface area contributed by atoms with Crippen molar-refractivity contribution >= 4 is 69.5 Å². The number of ketones is 3. The Morgan fingerprint density at radius 2 is 1.30 bits per heavy atom. The number of carbonyl (C=O) groups is 7. The zero-order valence-electron chi connectivity index (χ0n) is 80.2. The number of amides is 2. The molecule has 4 N–H and O–H groups in total. The van der Waals surface area contributed by atoms with Crippen molar-refractivity contribution in [1.82, 2.24) is 20.1 Å². The van der Waals surface area contributed by atoms with E-state index in [4.69, 9.17) is 47.4 Å². The molecule has 5 saturated carbocycles. The van der Waals surface area contributed by atoms with E-state index in [0.717, 1.165) is 112 Å². The number of rotatable bonds is 22. The third kappa shape index (κ3) is 25.2. The summed E-state index contributed by atoms with van der Waals surface area (Å²) in [4.78, 5) is 93.2. The molecule has 6 heterocycles. The molecule has 726 valence electrons. The van der Waals surface area contributed by atoms with E-state index < -0.39 is 29.7 Å². The van der Waals surface area contributed by atoms with E-state index >= 15 is 0 Å². The second-order valence-corrected chi connectivity index (χ2v) is 37.5. The van der Waals surface area contributed by atoms with Crippen LogP contribution in [0.15, 0.2) is 219 Å². The van der Waals surface area contributed by atoms with Crippen molar-refractivity contribution in [1.29, 1.82) is 0 Å². The van der Waals surface area contributed by atoms with Crippen LogP contribution in [0.3, 0.4) is 0 Å². The molecule has 0 radical (unpaired) electrons. The van der Waals surface area contributed by atoms with Crippen molar-refractivity contribution in [2.24, 2.45) is 35.5 Å². The first-order valence-electron chi connectivity index (χ1n) is 47.8. The molecule has 1 aromatic heterocycles. The number of imide groups is 1. The minimum Gasteiger partial charge on any atom is -0.508 e. The minimum atomic E-state index is -0.684. The van der Waals surface area contributed by atoms with Gasteiger partial charge in [-0.3, -0.25) is 44.1 Å². The van der Waals surface area contributed by atoms with Crippen LogP contribution in [-0.2, 0) is 62.7 Å². The fraction of sp³-hybridized carbons (Fsp3) is 0.393. The van der Waals surface area contributed by atoms with Crippen LogP contribution in [0.25, 0.3) is 10.9 Å². The Labute approximate surface area is 812 Å². The number of aromatic nitrogens is 1. The number of aromatic hydroxyl groups is 3. The van der Waals surface area contributed by atoms with Gasteiger partial charge in [-0.2, -0.15) is 0 Å². The minimum absolute atomic E-state index is 0.0279. The molecular weight excluding hydrogens is 1770 g/mol. The number of nitrogens with zero attached hydrogens (tertiary/aromatic N) is 4. The number of aryl methyl sites for hydroxylation is 3. The Bertz CT molecular complexity index is 5900.